The molecule has 0 aliphatic heterocycles. The van der Waals surface area contributed by atoms with Crippen molar-refractivity contribution in [2.45, 2.75) is 10.6 Å². The van der Waals surface area contributed by atoms with Crippen LogP contribution < -0.4 is 5.32 Å². The summed E-state index contributed by atoms with van der Waals surface area (Å²) in [4.78, 5) is 23.8. The van der Waals surface area contributed by atoms with E-state index >= 15 is 0 Å². The molecule has 126 valence electrons. The Kier molecular flexibility index (Phi) is 5.15. The van der Waals surface area contributed by atoms with Gasteiger partial charge >= 0.3 is 0 Å². The second-order valence-electron chi connectivity index (χ2n) is 5.10. The summed E-state index contributed by atoms with van der Waals surface area (Å²) in [6, 6.07) is 19.1. The fourth-order valence-corrected chi connectivity index (χ4v) is 2.98. The predicted octanol–water partition coefficient (Wildman–Crippen LogP) is 4.73. The largest absolute Gasteiger partial charge is 0.455 e. The quantitative estimate of drug-likeness (QED) is 0.393. The smallest absolute Gasteiger partial charge is 0.292 e. The molecule has 25 heavy (non-hydrogen) atoms. The number of nitro benzene ring substituents is 1. The number of nitro groups is 1. The number of nitrogens with zero attached hydrogens (tertiary/aromatic N) is 1. The van der Waals surface area contributed by atoms with Crippen LogP contribution in [0.2, 0.25) is 0 Å². The van der Waals surface area contributed by atoms with Crippen molar-refractivity contribution in [2.75, 3.05) is 5.32 Å². The molecule has 1 heterocycles. The fourth-order valence-electron chi connectivity index (χ4n) is 2.17. The molecule has 1 N–H and O–H groups in total. The van der Waals surface area contributed by atoms with Crippen LogP contribution in [0.1, 0.15) is 16.3 Å². The van der Waals surface area contributed by atoms with E-state index in [9.17, 15) is 14.9 Å². The van der Waals surface area contributed by atoms with E-state index in [-0.39, 0.29) is 17.1 Å². The molecule has 3 aromatic rings. The van der Waals surface area contributed by atoms with E-state index in [2.05, 4.69) is 5.32 Å². The molecule has 0 radical (unpaired) electrons. The molecule has 0 spiro atoms. The molecule has 0 aliphatic carbocycles. The number of hydrogen-bond acceptors (Lipinski definition) is 5. The van der Waals surface area contributed by atoms with Gasteiger partial charge < -0.3 is 9.73 Å². The van der Waals surface area contributed by atoms with E-state index in [1.54, 1.807) is 36.0 Å². The van der Waals surface area contributed by atoms with Gasteiger partial charge in [0.2, 0.25) is 0 Å². The number of carbonyl (C=O) groups excluding carboxylic acids is 1. The Hall–Kier alpha value is -3.06. The molecular formula is C18H14N2O4S. The van der Waals surface area contributed by atoms with E-state index in [0.717, 1.165) is 4.90 Å². The number of carbonyl (C=O) groups is 1. The third-order valence-electron chi connectivity index (χ3n) is 3.36. The molecule has 1 aromatic heterocycles. The molecular weight excluding hydrogens is 340 g/mol. The number of furan rings is 1. The molecule has 0 bridgehead atoms. The summed E-state index contributed by atoms with van der Waals surface area (Å²) >= 11 is 1.59. The standard InChI is InChI=1S/C18H14N2O4S/c21-18(19-15-8-4-5-9-16(15)20(22)23)17-11-10-13(24-17)12-25-14-6-2-1-3-7-14/h1-11H,12H2,(H,19,21). The first-order chi connectivity index (χ1) is 12.1. The summed E-state index contributed by atoms with van der Waals surface area (Å²) in [5.74, 6) is 0.830. The molecule has 2 aromatic carbocycles. The summed E-state index contributed by atoms with van der Waals surface area (Å²) in [6.45, 7) is 0. The topological polar surface area (TPSA) is 85.4 Å². The second-order valence-corrected chi connectivity index (χ2v) is 6.14. The second kappa shape index (κ2) is 7.67. The van der Waals surface area contributed by atoms with Crippen LogP contribution in [0, 0.1) is 10.1 Å². The van der Waals surface area contributed by atoms with Crippen molar-refractivity contribution in [2.24, 2.45) is 0 Å². The third-order valence-corrected chi connectivity index (χ3v) is 4.39. The number of rotatable bonds is 6. The van der Waals surface area contributed by atoms with E-state index in [1.807, 2.05) is 30.3 Å². The summed E-state index contributed by atoms with van der Waals surface area (Å²) in [6.07, 6.45) is 0. The van der Waals surface area contributed by atoms with Crippen molar-refractivity contribution < 1.29 is 14.1 Å². The lowest BCUT2D eigenvalue weighted by atomic mass is 10.2. The van der Waals surface area contributed by atoms with Gasteiger partial charge in [0.25, 0.3) is 11.6 Å². The number of thioether (sulfide) groups is 1. The highest BCUT2D eigenvalue weighted by Gasteiger charge is 2.17. The Morgan fingerprint density at radius 2 is 1.76 bits per heavy atom. The summed E-state index contributed by atoms with van der Waals surface area (Å²) < 4.78 is 5.54. The first kappa shape index (κ1) is 16.8. The summed E-state index contributed by atoms with van der Waals surface area (Å²) in [5.41, 5.74) is -0.0311. The van der Waals surface area contributed by atoms with Crippen LogP contribution in [0.15, 0.2) is 76.0 Å². The van der Waals surface area contributed by atoms with Crippen LogP contribution >= 0.6 is 11.8 Å². The lowest BCUT2D eigenvalue weighted by Gasteiger charge is -2.04. The molecule has 0 saturated heterocycles. The maximum absolute atomic E-state index is 12.2. The Labute approximate surface area is 148 Å². The van der Waals surface area contributed by atoms with Crippen molar-refractivity contribution in [3.63, 3.8) is 0 Å². The van der Waals surface area contributed by atoms with Gasteiger partial charge in [0.1, 0.15) is 11.4 Å². The van der Waals surface area contributed by atoms with E-state index in [4.69, 9.17) is 4.42 Å². The van der Waals surface area contributed by atoms with Crippen molar-refractivity contribution in [3.8, 4) is 0 Å². The Bertz CT molecular complexity index is 893. The van der Waals surface area contributed by atoms with Crippen LogP contribution in [0.25, 0.3) is 0 Å². The normalized spacial score (nSPS) is 10.4. The number of para-hydroxylation sites is 2. The summed E-state index contributed by atoms with van der Waals surface area (Å²) in [7, 11) is 0. The van der Waals surface area contributed by atoms with Crippen LogP contribution in [-0.4, -0.2) is 10.8 Å². The predicted molar refractivity (Wildman–Crippen MR) is 95.8 cm³/mol. The van der Waals surface area contributed by atoms with Crippen molar-refractivity contribution in [1.29, 1.82) is 0 Å². The minimum Gasteiger partial charge on any atom is -0.455 e. The van der Waals surface area contributed by atoms with Crippen molar-refractivity contribution in [3.05, 3.63) is 88.4 Å². The fraction of sp³-hybridized carbons (Fsp3) is 0.0556. The Morgan fingerprint density at radius 3 is 2.52 bits per heavy atom. The van der Waals surface area contributed by atoms with Gasteiger partial charge in [-0.05, 0) is 30.3 Å². The molecule has 0 aliphatic rings. The van der Waals surface area contributed by atoms with Crippen LogP contribution in [0.3, 0.4) is 0 Å². The summed E-state index contributed by atoms with van der Waals surface area (Å²) in [5, 5.41) is 13.5. The number of nitrogens with one attached hydrogen (secondary N) is 1. The monoisotopic (exact) mass is 354 g/mol. The van der Waals surface area contributed by atoms with Gasteiger partial charge in [-0.2, -0.15) is 0 Å². The minimum atomic E-state index is -0.542. The zero-order valence-corrected chi connectivity index (χ0v) is 13.9. The van der Waals surface area contributed by atoms with Crippen molar-refractivity contribution in [1.82, 2.24) is 0 Å². The van der Waals surface area contributed by atoms with E-state index < -0.39 is 10.8 Å². The number of benzene rings is 2. The Morgan fingerprint density at radius 1 is 1.04 bits per heavy atom. The van der Waals surface area contributed by atoms with Crippen molar-refractivity contribution >= 4 is 29.0 Å². The van der Waals surface area contributed by atoms with Gasteiger partial charge in [0.15, 0.2) is 5.76 Å². The molecule has 0 fully saturated rings. The number of anilines is 1. The van der Waals surface area contributed by atoms with Gasteiger partial charge in [-0.3, -0.25) is 14.9 Å². The maximum Gasteiger partial charge on any atom is 0.292 e. The molecule has 3 rings (SSSR count). The van der Waals surface area contributed by atoms with Gasteiger partial charge in [0.05, 0.1) is 10.7 Å². The zero-order valence-electron chi connectivity index (χ0n) is 13.0. The van der Waals surface area contributed by atoms with E-state index in [0.29, 0.717) is 11.5 Å². The Balaban J connectivity index is 1.66. The van der Waals surface area contributed by atoms with Gasteiger partial charge in [-0.25, -0.2) is 0 Å². The third kappa shape index (κ3) is 4.27. The average molecular weight is 354 g/mol. The van der Waals surface area contributed by atoms with Gasteiger partial charge in [-0.15, -0.1) is 11.8 Å². The lowest BCUT2D eigenvalue weighted by Crippen LogP contribution is -2.12. The van der Waals surface area contributed by atoms with E-state index in [1.165, 1.54) is 12.1 Å². The molecule has 0 saturated carbocycles. The van der Waals surface area contributed by atoms with Gasteiger partial charge in [-0.1, -0.05) is 30.3 Å². The minimum absolute atomic E-state index is 0.113. The molecule has 1 amide bonds. The highest BCUT2D eigenvalue weighted by molar-refractivity contribution is 7.98. The molecule has 0 unspecified atom stereocenters. The maximum atomic E-state index is 12.2. The van der Waals surface area contributed by atoms with Gasteiger partial charge in [0, 0.05) is 11.0 Å². The first-order valence-corrected chi connectivity index (χ1v) is 8.43. The highest BCUT2D eigenvalue weighted by Crippen LogP contribution is 2.26. The first-order valence-electron chi connectivity index (χ1n) is 7.45. The van der Waals surface area contributed by atoms with Crippen LogP contribution in [0.5, 0.6) is 0 Å². The number of amides is 1. The highest BCUT2D eigenvalue weighted by atomic mass is 32.2. The van der Waals surface area contributed by atoms with Crippen LogP contribution in [0.4, 0.5) is 11.4 Å². The van der Waals surface area contributed by atoms with Crippen LogP contribution in [-0.2, 0) is 5.75 Å². The molecule has 7 heteroatoms. The average Bonchev–Trinajstić information content (AvgIpc) is 3.10. The number of hydrogen-bond donors (Lipinski definition) is 1. The lowest BCUT2D eigenvalue weighted by molar-refractivity contribution is -0.383. The molecule has 6 nitrogen and oxygen atoms in total. The SMILES string of the molecule is O=C(Nc1ccccc1[N+](=O)[O-])c1ccc(CSc2ccccc2)o1. The molecule has 0 atom stereocenters. The zero-order chi connectivity index (χ0) is 17.6.